The molecule has 1 heteroatoms. The molecule has 0 nitrogen and oxygen atoms in total. The minimum atomic E-state index is 0.165. The van der Waals surface area contributed by atoms with Crippen LogP contribution >= 0.6 is 11.3 Å². The van der Waals surface area contributed by atoms with Gasteiger partial charge in [0.05, 0.1) is 0 Å². The van der Waals surface area contributed by atoms with Gasteiger partial charge in [0.1, 0.15) is 0 Å². The predicted molar refractivity (Wildman–Crippen MR) is 73.9 cm³/mol. The van der Waals surface area contributed by atoms with E-state index in [4.69, 9.17) is 0 Å². The van der Waals surface area contributed by atoms with Gasteiger partial charge in [-0.2, -0.15) is 0 Å². The second-order valence-corrected chi connectivity index (χ2v) is 6.87. The van der Waals surface area contributed by atoms with Crippen molar-refractivity contribution in [3.05, 3.63) is 32.3 Å². The molecule has 0 unspecified atom stereocenters. The van der Waals surface area contributed by atoms with Crippen LogP contribution in [0.5, 0.6) is 0 Å². The molecule has 0 amide bonds. The van der Waals surface area contributed by atoms with Crippen molar-refractivity contribution in [2.45, 2.75) is 34.6 Å². The fourth-order valence-corrected chi connectivity index (χ4v) is 3.27. The largest absolute Gasteiger partial charge is 0.141 e. The van der Waals surface area contributed by atoms with Crippen molar-refractivity contribution >= 4 is 23.5 Å². The first-order valence-electron chi connectivity index (χ1n) is 5.91. The topological polar surface area (TPSA) is 0 Å². The Balaban J connectivity index is 2.72. The molecule has 1 heterocycles. The van der Waals surface area contributed by atoms with Crippen LogP contribution in [0.3, 0.4) is 0 Å². The monoisotopic (exact) mass is 232 g/mol. The third-order valence-electron chi connectivity index (χ3n) is 2.94. The normalized spacial score (nSPS) is 18.2. The first-order valence-corrected chi connectivity index (χ1v) is 6.73. The second-order valence-electron chi connectivity index (χ2n) is 5.59. The molecule has 86 valence electrons. The fraction of sp³-hybridized carbons (Fsp3) is 0.467. The number of fused-ring (bicyclic) bond motifs is 1. The molecule has 0 aliphatic heterocycles. The Morgan fingerprint density at radius 2 is 1.88 bits per heavy atom. The zero-order chi connectivity index (χ0) is 11.9. The minimum Gasteiger partial charge on any atom is -0.141 e. The van der Waals surface area contributed by atoms with Crippen molar-refractivity contribution in [3.8, 4) is 0 Å². The molecule has 0 saturated heterocycles. The highest BCUT2D eigenvalue weighted by atomic mass is 32.1. The summed E-state index contributed by atoms with van der Waals surface area (Å²) in [5, 5.41) is 1.40. The Labute approximate surface area is 102 Å². The van der Waals surface area contributed by atoms with Crippen LogP contribution < -0.4 is 9.75 Å². The van der Waals surface area contributed by atoms with E-state index in [9.17, 15) is 0 Å². The maximum absolute atomic E-state index is 2.40. The lowest BCUT2D eigenvalue weighted by atomic mass is 9.88. The van der Waals surface area contributed by atoms with Gasteiger partial charge in [-0.15, -0.1) is 11.3 Å². The van der Waals surface area contributed by atoms with E-state index in [1.807, 2.05) is 11.3 Å². The fourth-order valence-electron chi connectivity index (χ4n) is 2.14. The summed E-state index contributed by atoms with van der Waals surface area (Å²) < 4.78 is 1.43. The molecule has 0 saturated carbocycles. The first-order chi connectivity index (χ1) is 7.37. The molecule has 1 aliphatic carbocycles. The Bertz CT molecular complexity index is 538. The van der Waals surface area contributed by atoms with Crippen LogP contribution in [-0.2, 0) is 0 Å². The minimum absolute atomic E-state index is 0.165. The molecule has 0 radical (unpaired) electrons. The van der Waals surface area contributed by atoms with Crippen molar-refractivity contribution in [2.24, 2.45) is 11.3 Å². The molecule has 1 aliphatic rings. The van der Waals surface area contributed by atoms with Crippen LogP contribution in [0.15, 0.2) is 17.7 Å². The molecule has 2 rings (SSSR count). The van der Waals surface area contributed by atoms with Gasteiger partial charge in [-0.05, 0) is 29.7 Å². The summed E-state index contributed by atoms with van der Waals surface area (Å²) in [6, 6.07) is 2.30. The van der Waals surface area contributed by atoms with Gasteiger partial charge < -0.3 is 0 Å². The van der Waals surface area contributed by atoms with E-state index in [0.29, 0.717) is 5.92 Å². The number of thiophene rings is 1. The third kappa shape index (κ3) is 2.30. The number of aryl methyl sites for hydroxylation is 1. The van der Waals surface area contributed by atoms with Gasteiger partial charge in [0.15, 0.2) is 0 Å². The van der Waals surface area contributed by atoms with E-state index < -0.39 is 0 Å². The highest BCUT2D eigenvalue weighted by Crippen LogP contribution is 2.26. The molecule has 0 atom stereocenters. The van der Waals surface area contributed by atoms with Crippen molar-refractivity contribution in [2.75, 3.05) is 0 Å². The van der Waals surface area contributed by atoms with Gasteiger partial charge in [-0.1, -0.05) is 45.9 Å². The summed E-state index contributed by atoms with van der Waals surface area (Å²) in [5.41, 5.74) is 1.62. The number of hydrogen-bond acceptors (Lipinski definition) is 1. The van der Waals surface area contributed by atoms with Crippen molar-refractivity contribution < 1.29 is 0 Å². The van der Waals surface area contributed by atoms with E-state index >= 15 is 0 Å². The summed E-state index contributed by atoms with van der Waals surface area (Å²) in [4.78, 5) is 1.40. The summed E-state index contributed by atoms with van der Waals surface area (Å²) in [7, 11) is 0. The average molecular weight is 232 g/mol. The summed E-state index contributed by atoms with van der Waals surface area (Å²) >= 11 is 1.90. The molecule has 16 heavy (non-hydrogen) atoms. The van der Waals surface area contributed by atoms with E-state index in [-0.39, 0.29) is 5.41 Å². The highest BCUT2D eigenvalue weighted by Gasteiger charge is 2.16. The van der Waals surface area contributed by atoms with Gasteiger partial charge in [0, 0.05) is 14.8 Å². The summed E-state index contributed by atoms with van der Waals surface area (Å²) in [5.74, 6) is 0.596. The van der Waals surface area contributed by atoms with Crippen LogP contribution in [0.4, 0.5) is 0 Å². The molecule has 0 spiro atoms. The van der Waals surface area contributed by atoms with E-state index in [1.54, 1.807) is 0 Å². The molecule has 0 bridgehead atoms. The quantitative estimate of drug-likeness (QED) is 0.697. The van der Waals surface area contributed by atoms with Gasteiger partial charge in [0.2, 0.25) is 0 Å². The molecule has 1 aromatic rings. The number of allylic oxidation sites excluding steroid dienone is 2. The van der Waals surface area contributed by atoms with Gasteiger partial charge in [-0.3, -0.25) is 0 Å². The van der Waals surface area contributed by atoms with Crippen LogP contribution in [0.25, 0.3) is 12.2 Å². The van der Waals surface area contributed by atoms with E-state index in [2.05, 4.69) is 58.9 Å². The van der Waals surface area contributed by atoms with Crippen LogP contribution in [-0.4, -0.2) is 0 Å². The lowest BCUT2D eigenvalue weighted by molar-refractivity contribution is 0.652. The van der Waals surface area contributed by atoms with E-state index in [0.717, 1.165) is 0 Å². The van der Waals surface area contributed by atoms with Gasteiger partial charge in [-0.25, -0.2) is 0 Å². The number of rotatable bonds is 1. The zero-order valence-corrected chi connectivity index (χ0v) is 11.6. The SMILES string of the molecule is Cc1cc2c(s1)=CC(C)(C)C=C(C(C)C)C=2. The van der Waals surface area contributed by atoms with Gasteiger partial charge >= 0.3 is 0 Å². The first kappa shape index (κ1) is 11.7. The van der Waals surface area contributed by atoms with Gasteiger partial charge in [0.25, 0.3) is 0 Å². The van der Waals surface area contributed by atoms with Crippen molar-refractivity contribution in [3.63, 3.8) is 0 Å². The maximum atomic E-state index is 2.40. The Kier molecular flexibility index (Phi) is 2.83. The summed E-state index contributed by atoms with van der Waals surface area (Å²) in [6.07, 6.45) is 7.15. The Hall–Kier alpha value is -0.820. The van der Waals surface area contributed by atoms with Crippen LogP contribution in [0.2, 0.25) is 0 Å². The average Bonchev–Trinajstić information content (AvgIpc) is 2.37. The van der Waals surface area contributed by atoms with Crippen LogP contribution in [0.1, 0.15) is 32.6 Å². The smallest absolute Gasteiger partial charge is 0.0314 e. The molecular formula is C15H20S. The third-order valence-corrected chi connectivity index (χ3v) is 3.96. The molecule has 0 N–H and O–H groups in total. The Morgan fingerprint density at radius 3 is 2.50 bits per heavy atom. The summed E-state index contributed by atoms with van der Waals surface area (Å²) in [6.45, 7) is 11.3. The van der Waals surface area contributed by atoms with Crippen molar-refractivity contribution in [1.29, 1.82) is 0 Å². The predicted octanol–water partition coefficient (Wildman–Crippen LogP) is 3.24. The standard InChI is InChI=1S/C15H20S/c1-10(2)13-7-12-6-11(3)16-14(12)9-15(4,5)8-13/h6-10H,1-5H3. The lowest BCUT2D eigenvalue weighted by Gasteiger charge is -2.17. The number of hydrogen-bond donors (Lipinski definition) is 0. The van der Waals surface area contributed by atoms with Crippen LogP contribution in [0, 0.1) is 18.3 Å². The molecule has 0 aromatic carbocycles. The molecule has 1 aromatic heterocycles. The highest BCUT2D eigenvalue weighted by molar-refractivity contribution is 7.09. The van der Waals surface area contributed by atoms with E-state index in [1.165, 1.54) is 20.2 Å². The zero-order valence-electron chi connectivity index (χ0n) is 10.8. The lowest BCUT2D eigenvalue weighted by Crippen LogP contribution is -2.19. The maximum Gasteiger partial charge on any atom is 0.0314 e. The van der Waals surface area contributed by atoms with Crippen molar-refractivity contribution in [1.82, 2.24) is 0 Å². The molecule has 0 fully saturated rings. The molecular weight excluding hydrogens is 212 g/mol. The Morgan fingerprint density at radius 1 is 1.19 bits per heavy atom. The second kappa shape index (κ2) is 3.89.